The number of likely N-dealkylation sites (tertiary alicyclic amines) is 1. The summed E-state index contributed by atoms with van der Waals surface area (Å²) in [5.74, 6) is -3.09. The molecular formula is C12H20N2O4. The lowest BCUT2D eigenvalue weighted by Crippen LogP contribution is -2.50. The van der Waals surface area contributed by atoms with Gasteiger partial charge in [-0.25, -0.2) is 0 Å². The summed E-state index contributed by atoms with van der Waals surface area (Å²) in [6, 6.07) is -0.669. The molecule has 0 aromatic heterocycles. The van der Waals surface area contributed by atoms with Gasteiger partial charge in [-0.3, -0.25) is 14.4 Å². The van der Waals surface area contributed by atoms with Crippen LogP contribution in [-0.4, -0.2) is 46.9 Å². The topological polar surface area (TPSA) is 86.7 Å². The molecule has 0 saturated carbocycles. The van der Waals surface area contributed by atoms with Crippen LogP contribution in [0.15, 0.2) is 0 Å². The van der Waals surface area contributed by atoms with E-state index in [9.17, 15) is 14.4 Å². The first-order chi connectivity index (χ1) is 8.43. The molecule has 2 N–H and O–H groups in total. The Labute approximate surface area is 106 Å². The van der Waals surface area contributed by atoms with Crippen LogP contribution in [0.4, 0.5) is 0 Å². The number of carboxylic acids is 1. The fourth-order valence-corrected chi connectivity index (χ4v) is 1.90. The molecule has 0 bridgehead atoms. The summed E-state index contributed by atoms with van der Waals surface area (Å²) in [6.45, 7) is 4.32. The van der Waals surface area contributed by atoms with Gasteiger partial charge in [0.1, 0.15) is 12.0 Å². The van der Waals surface area contributed by atoms with E-state index >= 15 is 0 Å². The first-order valence-electron chi connectivity index (χ1n) is 6.25. The van der Waals surface area contributed by atoms with Gasteiger partial charge in [0.05, 0.1) is 0 Å². The molecular weight excluding hydrogens is 236 g/mol. The van der Waals surface area contributed by atoms with Crippen LogP contribution in [-0.2, 0) is 14.4 Å². The van der Waals surface area contributed by atoms with E-state index < -0.39 is 23.8 Å². The Kier molecular flexibility index (Phi) is 5.12. The zero-order valence-corrected chi connectivity index (χ0v) is 10.8. The molecule has 0 radical (unpaired) electrons. The quantitative estimate of drug-likeness (QED) is 0.705. The molecule has 1 fully saturated rings. The molecule has 0 aliphatic carbocycles. The number of rotatable bonds is 4. The van der Waals surface area contributed by atoms with Crippen LogP contribution in [0, 0.1) is 5.92 Å². The molecule has 1 saturated heterocycles. The summed E-state index contributed by atoms with van der Waals surface area (Å²) in [4.78, 5) is 35.9. The number of amides is 2. The van der Waals surface area contributed by atoms with Gasteiger partial charge in [-0.1, -0.05) is 0 Å². The van der Waals surface area contributed by atoms with Gasteiger partial charge in [0.15, 0.2) is 0 Å². The third kappa shape index (κ3) is 3.72. The van der Waals surface area contributed by atoms with Gasteiger partial charge in [-0.2, -0.15) is 0 Å². The zero-order valence-electron chi connectivity index (χ0n) is 10.8. The zero-order chi connectivity index (χ0) is 13.7. The van der Waals surface area contributed by atoms with Gasteiger partial charge in [-0.15, -0.1) is 0 Å². The summed E-state index contributed by atoms with van der Waals surface area (Å²) in [6.07, 6.45) is 3.09. The molecule has 1 rings (SSSR count). The maximum Gasteiger partial charge on any atom is 0.315 e. The van der Waals surface area contributed by atoms with Crippen molar-refractivity contribution >= 4 is 17.8 Å². The molecule has 1 heterocycles. The number of hydrogen-bond acceptors (Lipinski definition) is 3. The van der Waals surface area contributed by atoms with E-state index in [1.807, 2.05) is 0 Å². The highest BCUT2D eigenvalue weighted by Crippen LogP contribution is 2.10. The van der Waals surface area contributed by atoms with Crippen molar-refractivity contribution in [2.45, 2.75) is 39.2 Å². The summed E-state index contributed by atoms with van der Waals surface area (Å²) in [7, 11) is 0. The SMILES string of the molecule is CC(NC(=O)C(C)C(=O)O)C(=O)N1CCCCC1. The van der Waals surface area contributed by atoms with Crippen molar-refractivity contribution in [3.63, 3.8) is 0 Å². The van der Waals surface area contributed by atoms with Crippen LogP contribution in [0.1, 0.15) is 33.1 Å². The summed E-state index contributed by atoms with van der Waals surface area (Å²) in [5.41, 5.74) is 0. The van der Waals surface area contributed by atoms with E-state index in [0.29, 0.717) is 13.1 Å². The third-order valence-electron chi connectivity index (χ3n) is 3.16. The number of carboxylic acid groups (broad SMARTS) is 1. The Morgan fingerprint density at radius 3 is 2.17 bits per heavy atom. The van der Waals surface area contributed by atoms with E-state index in [1.165, 1.54) is 6.92 Å². The highest BCUT2D eigenvalue weighted by atomic mass is 16.4. The Morgan fingerprint density at radius 1 is 1.11 bits per heavy atom. The summed E-state index contributed by atoms with van der Waals surface area (Å²) >= 11 is 0. The fraction of sp³-hybridized carbons (Fsp3) is 0.750. The number of carbonyl (C=O) groups excluding carboxylic acids is 2. The van der Waals surface area contributed by atoms with Crippen LogP contribution in [0.2, 0.25) is 0 Å². The maximum atomic E-state index is 12.0. The van der Waals surface area contributed by atoms with Gasteiger partial charge < -0.3 is 15.3 Å². The lowest BCUT2D eigenvalue weighted by Gasteiger charge is -2.29. The van der Waals surface area contributed by atoms with Crippen molar-refractivity contribution < 1.29 is 19.5 Å². The van der Waals surface area contributed by atoms with Gasteiger partial charge in [0.2, 0.25) is 11.8 Å². The minimum Gasteiger partial charge on any atom is -0.481 e. The second-order valence-electron chi connectivity index (χ2n) is 4.68. The van der Waals surface area contributed by atoms with Crippen LogP contribution >= 0.6 is 0 Å². The number of nitrogens with one attached hydrogen (secondary N) is 1. The standard InChI is InChI=1S/C12H20N2O4/c1-8(12(17)18)10(15)13-9(2)11(16)14-6-4-3-5-7-14/h8-9H,3-7H2,1-2H3,(H,13,15)(H,17,18). The third-order valence-corrected chi connectivity index (χ3v) is 3.16. The van der Waals surface area contributed by atoms with E-state index in [-0.39, 0.29) is 5.91 Å². The lowest BCUT2D eigenvalue weighted by atomic mass is 10.1. The normalized spacial score (nSPS) is 18.9. The second kappa shape index (κ2) is 6.37. The molecule has 0 aromatic carbocycles. The van der Waals surface area contributed by atoms with E-state index in [1.54, 1.807) is 11.8 Å². The fourth-order valence-electron chi connectivity index (χ4n) is 1.90. The van der Waals surface area contributed by atoms with Crippen LogP contribution in [0.3, 0.4) is 0 Å². The van der Waals surface area contributed by atoms with Crippen molar-refractivity contribution in [1.82, 2.24) is 10.2 Å². The number of carbonyl (C=O) groups is 3. The van der Waals surface area contributed by atoms with Crippen molar-refractivity contribution in [1.29, 1.82) is 0 Å². The molecule has 2 amide bonds. The molecule has 102 valence electrons. The number of hydrogen-bond donors (Lipinski definition) is 2. The largest absolute Gasteiger partial charge is 0.481 e. The van der Waals surface area contributed by atoms with Crippen LogP contribution < -0.4 is 5.32 Å². The molecule has 6 nitrogen and oxygen atoms in total. The summed E-state index contributed by atoms with van der Waals surface area (Å²) in [5, 5.41) is 11.1. The second-order valence-corrected chi connectivity index (χ2v) is 4.68. The highest BCUT2D eigenvalue weighted by Gasteiger charge is 2.27. The number of piperidine rings is 1. The van der Waals surface area contributed by atoms with Crippen molar-refractivity contribution in [3.8, 4) is 0 Å². The maximum absolute atomic E-state index is 12.0. The smallest absolute Gasteiger partial charge is 0.315 e. The molecule has 18 heavy (non-hydrogen) atoms. The molecule has 1 aliphatic rings. The minimum absolute atomic E-state index is 0.138. The Bertz CT molecular complexity index is 337. The predicted molar refractivity (Wildman–Crippen MR) is 64.8 cm³/mol. The Balaban J connectivity index is 2.48. The highest BCUT2D eigenvalue weighted by molar-refractivity contribution is 5.98. The Morgan fingerprint density at radius 2 is 1.67 bits per heavy atom. The van der Waals surface area contributed by atoms with Gasteiger partial charge in [-0.05, 0) is 33.1 Å². The lowest BCUT2D eigenvalue weighted by molar-refractivity contribution is -0.147. The van der Waals surface area contributed by atoms with Crippen molar-refractivity contribution in [2.24, 2.45) is 5.92 Å². The molecule has 1 aliphatic heterocycles. The molecule has 6 heteroatoms. The van der Waals surface area contributed by atoms with Gasteiger partial charge in [0.25, 0.3) is 0 Å². The minimum atomic E-state index is -1.19. The van der Waals surface area contributed by atoms with Crippen LogP contribution in [0.25, 0.3) is 0 Å². The van der Waals surface area contributed by atoms with E-state index in [4.69, 9.17) is 5.11 Å². The average molecular weight is 256 g/mol. The Hall–Kier alpha value is -1.59. The molecule has 2 unspecified atom stereocenters. The van der Waals surface area contributed by atoms with Crippen molar-refractivity contribution in [2.75, 3.05) is 13.1 Å². The monoisotopic (exact) mass is 256 g/mol. The number of nitrogens with zero attached hydrogens (tertiary/aromatic N) is 1. The molecule has 0 aromatic rings. The van der Waals surface area contributed by atoms with Crippen LogP contribution in [0.5, 0.6) is 0 Å². The molecule has 2 atom stereocenters. The predicted octanol–water partition coefficient (Wildman–Crippen LogP) is 0.224. The van der Waals surface area contributed by atoms with E-state index in [2.05, 4.69) is 5.32 Å². The summed E-state index contributed by atoms with van der Waals surface area (Å²) < 4.78 is 0. The van der Waals surface area contributed by atoms with Gasteiger partial charge >= 0.3 is 5.97 Å². The van der Waals surface area contributed by atoms with E-state index in [0.717, 1.165) is 19.3 Å². The average Bonchev–Trinajstić information content (AvgIpc) is 2.37. The first-order valence-corrected chi connectivity index (χ1v) is 6.25. The van der Waals surface area contributed by atoms with Gasteiger partial charge in [0, 0.05) is 13.1 Å². The molecule has 0 spiro atoms. The number of aliphatic carboxylic acids is 1. The first kappa shape index (κ1) is 14.5. The van der Waals surface area contributed by atoms with Crippen molar-refractivity contribution in [3.05, 3.63) is 0 Å².